The van der Waals surface area contributed by atoms with E-state index in [0.717, 1.165) is 31.6 Å². The Morgan fingerprint density at radius 3 is 3.06 bits per heavy atom. The monoisotopic (exact) mass is 221 g/mol. The Bertz CT molecular complexity index is 374. The summed E-state index contributed by atoms with van der Waals surface area (Å²) in [5.41, 5.74) is 7.99. The molecule has 1 atom stereocenters. The molecular weight excluding hydrogens is 202 g/mol. The van der Waals surface area contributed by atoms with Gasteiger partial charge in [-0.2, -0.15) is 0 Å². The number of nitrogens with two attached hydrogens (primary N) is 1. The molecule has 0 saturated carbocycles. The van der Waals surface area contributed by atoms with Crippen LogP contribution in [0.2, 0.25) is 0 Å². The van der Waals surface area contributed by atoms with Crippen LogP contribution in [-0.2, 0) is 12.8 Å². The third kappa shape index (κ3) is 2.54. The van der Waals surface area contributed by atoms with Crippen molar-refractivity contribution in [3.63, 3.8) is 0 Å². The lowest BCUT2D eigenvalue weighted by Crippen LogP contribution is -2.40. The Balaban J connectivity index is 2.00. The molecule has 1 aromatic carbocycles. The predicted octanol–water partition coefficient (Wildman–Crippen LogP) is 1.26. The van der Waals surface area contributed by atoms with Crippen molar-refractivity contribution < 1.29 is 9.84 Å². The molecule has 2 rings (SSSR count). The largest absolute Gasteiger partial charge is 0.493 e. The van der Waals surface area contributed by atoms with Crippen LogP contribution in [0.4, 0.5) is 0 Å². The molecule has 3 N–H and O–H groups in total. The molecule has 0 aromatic heterocycles. The number of ether oxygens (including phenoxy) is 1. The van der Waals surface area contributed by atoms with Crippen molar-refractivity contribution in [1.29, 1.82) is 0 Å². The molecule has 0 bridgehead atoms. The fraction of sp³-hybridized carbons (Fsp3) is 0.538. The minimum atomic E-state index is -0.477. The van der Waals surface area contributed by atoms with Gasteiger partial charge in [-0.05, 0) is 37.0 Å². The molecule has 0 amide bonds. The van der Waals surface area contributed by atoms with Crippen molar-refractivity contribution in [1.82, 2.24) is 0 Å². The molecule has 1 aliphatic heterocycles. The van der Waals surface area contributed by atoms with Crippen LogP contribution in [0.25, 0.3) is 0 Å². The second-order valence-electron chi connectivity index (χ2n) is 4.85. The normalized spacial score (nSPS) is 17.7. The summed E-state index contributed by atoms with van der Waals surface area (Å²) in [4.78, 5) is 0. The van der Waals surface area contributed by atoms with Crippen LogP contribution in [0, 0.1) is 0 Å². The van der Waals surface area contributed by atoms with Crippen molar-refractivity contribution in [2.75, 3.05) is 13.2 Å². The van der Waals surface area contributed by atoms with E-state index in [1.54, 1.807) is 0 Å². The number of aryl methyl sites for hydroxylation is 1. The van der Waals surface area contributed by atoms with Crippen molar-refractivity contribution in [3.8, 4) is 5.75 Å². The Labute approximate surface area is 96.2 Å². The Kier molecular flexibility index (Phi) is 3.17. The van der Waals surface area contributed by atoms with Crippen LogP contribution < -0.4 is 10.5 Å². The lowest BCUT2D eigenvalue weighted by molar-refractivity contribution is 0.200. The third-order valence-corrected chi connectivity index (χ3v) is 3.10. The van der Waals surface area contributed by atoms with Crippen LogP contribution >= 0.6 is 0 Å². The van der Waals surface area contributed by atoms with E-state index in [4.69, 9.17) is 15.6 Å². The summed E-state index contributed by atoms with van der Waals surface area (Å²) in [6.07, 6.45) is 2.70. The second kappa shape index (κ2) is 4.44. The van der Waals surface area contributed by atoms with Gasteiger partial charge < -0.3 is 15.6 Å². The predicted molar refractivity (Wildman–Crippen MR) is 63.6 cm³/mol. The average Bonchev–Trinajstić information content (AvgIpc) is 2.73. The minimum absolute atomic E-state index is 0.0288. The van der Waals surface area contributed by atoms with Gasteiger partial charge in [0.25, 0.3) is 0 Å². The highest BCUT2D eigenvalue weighted by Gasteiger charge is 2.17. The van der Waals surface area contributed by atoms with E-state index in [-0.39, 0.29) is 6.61 Å². The Morgan fingerprint density at radius 2 is 2.31 bits per heavy atom. The standard InChI is InChI=1S/C13H19NO2/c1-13(14,9-15)6-4-10-2-3-12-11(8-10)5-7-16-12/h2-3,8,15H,4-7,9,14H2,1H3. The first-order valence-corrected chi connectivity index (χ1v) is 5.75. The highest BCUT2D eigenvalue weighted by molar-refractivity contribution is 5.39. The molecule has 1 aliphatic rings. The van der Waals surface area contributed by atoms with Gasteiger partial charge in [0.15, 0.2) is 0 Å². The van der Waals surface area contributed by atoms with Crippen LogP contribution in [0.3, 0.4) is 0 Å². The topological polar surface area (TPSA) is 55.5 Å². The summed E-state index contributed by atoms with van der Waals surface area (Å²) in [7, 11) is 0. The van der Waals surface area contributed by atoms with Gasteiger partial charge in [-0.15, -0.1) is 0 Å². The molecule has 0 spiro atoms. The zero-order valence-corrected chi connectivity index (χ0v) is 9.70. The fourth-order valence-corrected chi connectivity index (χ4v) is 1.90. The molecule has 1 heterocycles. The Hall–Kier alpha value is -1.06. The summed E-state index contributed by atoms with van der Waals surface area (Å²) < 4.78 is 5.46. The van der Waals surface area contributed by atoms with Crippen molar-refractivity contribution in [2.45, 2.75) is 31.7 Å². The molecule has 1 aromatic rings. The van der Waals surface area contributed by atoms with Gasteiger partial charge in [-0.25, -0.2) is 0 Å². The van der Waals surface area contributed by atoms with Gasteiger partial charge in [-0.1, -0.05) is 12.1 Å². The van der Waals surface area contributed by atoms with Crippen LogP contribution in [0.15, 0.2) is 18.2 Å². The molecule has 3 heteroatoms. The smallest absolute Gasteiger partial charge is 0.122 e. The van der Waals surface area contributed by atoms with Crippen molar-refractivity contribution >= 4 is 0 Å². The summed E-state index contributed by atoms with van der Waals surface area (Å²) in [6, 6.07) is 6.30. The average molecular weight is 221 g/mol. The van der Waals surface area contributed by atoms with Crippen LogP contribution in [-0.4, -0.2) is 23.9 Å². The molecule has 0 radical (unpaired) electrons. The summed E-state index contributed by atoms with van der Waals surface area (Å²) in [6.45, 7) is 2.70. The van der Waals surface area contributed by atoms with E-state index < -0.39 is 5.54 Å². The summed E-state index contributed by atoms with van der Waals surface area (Å²) in [5.74, 6) is 1.02. The van der Waals surface area contributed by atoms with Crippen molar-refractivity contribution in [3.05, 3.63) is 29.3 Å². The van der Waals surface area contributed by atoms with Gasteiger partial charge in [0.2, 0.25) is 0 Å². The highest BCUT2D eigenvalue weighted by Crippen LogP contribution is 2.26. The maximum absolute atomic E-state index is 9.08. The van der Waals surface area contributed by atoms with Gasteiger partial charge in [0.1, 0.15) is 5.75 Å². The zero-order valence-electron chi connectivity index (χ0n) is 9.70. The first kappa shape index (κ1) is 11.4. The first-order chi connectivity index (χ1) is 7.61. The van der Waals surface area contributed by atoms with E-state index in [0.29, 0.717) is 0 Å². The number of fused-ring (bicyclic) bond motifs is 1. The van der Waals surface area contributed by atoms with E-state index in [1.807, 2.05) is 13.0 Å². The maximum atomic E-state index is 9.08. The molecule has 0 aliphatic carbocycles. The van der Waals surface area contributed by atoms with Gasteiger partial charge in [0.05, 0.1) is 13.2 Å². The van der Waals surface area contributed by atoms with E-state index in [1.165, 1.54) is 11.1 Å². The number of aliphatic hydroxyl groups is 1. The molecule has 1 unspecified atom stereocenters. The molecule has 16 heavy (non-hydrogen) atoms. The highest BCUT2D eigenvalue weighted by atomic mass is 16.5. The first-order valence-electron chi connectivity index (χ1n) is 5.75. The maximum Gasteiger partial charge on any atom is 0.122 e. The summed E-state index contributed by atoms with van der Waals surface area (Å²) >= 11 is 0. The third-order valence-electron chi connectivity index (χ3n) is 3.10. The van der Waals surface area contributed by atoms with Crippen LogP contribution in [0.1, 0.15) is 24.5 Å². The van der Waals surface area contributed by atoms with Crippen molar-refractivity contribution in [2.24, 2.45) is 5.73 Å². The minimum Gasteiger partial charge on any atom is -0.493 e. The number of hydrogen-bond donors (Lipinski definition) is 2. The van der Waals surface area contributed by atoms with E-state index in [2.05, 4.69) is 12.1 Å². The van der Waals surface area contributed by atoms with Gasteiger partial charge in [-0.3, -0.25) is 0 Å². The summed E-state index contributed by atoms with van der Waals surface area (Å²) in [5, 5.41) is 9.08. The SMILES string of the molecule is CC(N)(CO)CCc1ccc2c(c1)CCO2. The number of hydrogen-bond acceptors (Lipinski definition) is 3. The zero-order chi connectivity index (χ0) is 11.6. The van der Waals surface area contributed by atoms with Crippen LogP contribution in [0.5, 0.6) is 5.75 Å². The van der Waals surface area contributed by atoms with E-state index >= 15 is 0 Å². The number of benzene rings is 1. The molecule has 88 valence electrons. The lowest BCUT2D eigenvalue weighted by atomic mass is 9.94. The molecular formula is C13H19NO2. The molecule has 3 nitrogen and oxygen atoms in total. The number of aliphatic hydroxyl groups excluding tert-OH is 1. The van der Waals surface area contributed by atoms with Gasteiger partial charge in [0, 0.05) is 12.0 Å². The number of rotatable bonds is 4. The van der Waals surface area contributed by atoms with Gasteiger partial charge >= 0.3 is 0 Å². The van der Waals surface area contributed by atoms with E-state index in [9.17, 15) is 0 Å². The quantitative estimate of drug-likeness (QED) is 0.805. The molecule has 0 fully saturated rings. The second-order valence-corrected chi connectivity index (χ2v) is 4.85. The lowest BCUT2D eigenvalue weighted by Gasteiger charge is -2.21. The molecule has 0 saturated heterocycles. The Morgan fingerprint density at radius 1 is 1.50 bits per heavy atom. The fourth-order valence-electron chi connectivity index (χ4n) is 1.90.